The molecule has 2 fully saturated rings. The Bertz CT molecular complexity index is 2100. The van der Waals surface area contributed by atoms with Gasteiger partial charge in [-0.05, 0) is 58.5 Å². The van der Waals surface area contributed by atoms with E-state index in [9.17, 15) is 14.4 Å². The molecule has 1 unspecified atom stereocenters. The molecule has 47 heavy (non-hydrogen) atoms. The van der Waals surface area contributed by atoms with Crippen molar-refractivity contribution in [3.63, 3.8) is 0 Å². The van der Waals surface area contributed by atoms with E-state index in [1.54, 1.807) is 24.5 Å². The molecule has 244 valence electrons. The molecule has 1 N–H and O–H groups in total. The third-order valence-corrected chi connectivity index (χ3v) is 10.5. The van der Waals surface area contributed by atoms with Crippen molar-refractivity contribution in [3.05, 3.63) is 46.0 Å². The Morgan fingerprint density at radius 1 is 1.17 bits per heavy atom. The topological polar surface area (TPSA) is 110 Å². The molecule has 0 saturated carbocycles. The van der Waals surface area contributed by atoms with Crippen LogP contribution >= 0.6 is 23.2 Å². The van der Waals surface area contributed by atoms with Crippen molar-refractivity contribution >= 4 is 67.6 Å². The number of benzene rings is 2. The summed E-state index contributed by atoms with van der Waals surface area (Å²) in [6, 6.07) is 5.23. The standard InChI is InChI=1S/C33H33Cl2F2N9O/c1-16-24(34)11-26-22(12-39-42-26)27(16)28-25(35)10-21-30(29(28)37)41-32(44-14-20(15-44)43(3)4)23-13-40-46(31(21)23)19-6-8-45(33(47)17(2)36)18(9-19)5-7-38/h10-13,17-20H,5-6,8-9,14-15H2,1-4H3,(H,39,42)/t17?,18-,19+/m1/s1. The largest absolute Gasteiger partial charge is 0.353 e. The van der Waals surface area contributed by atoms with Crippen molar-refractivity contribution in [2.45, 2.75) is 57.4 Å². The molecule has 0 aliphatic carbocycles. The molecule has 2 aliphatic rings. The van der Waals surface area contributed by atoms with Gasteiger partial charge < -0.3 is 14.7 Å². The molecule has 5 aromatic rings. The number of piperidine rings is 1. The molecule has 3 aromatic heterocycles. The van der Waals surface area contributed by atoms with Crippen LogP contribution in [0.5, 0.6) is 0 Å². The maximum atomic E-state index is 17.1. The fourth-order valence-electron chi connectivity index (χ4n) is 7.11. The Balaban J connectivity index is 1.43. The monoisotopic (exact) mass is 679 g/mol. The number of carbonyl (C=O) groups excluding carboxylic acids is 1. The van der Waals surface area contributed by atoms with Gasteiger partial charge in [0.05, 0.1) is 52.4 Å². The first-order chi connectivity index (χ1) is 22.5. The van der Waals surface area contributed by atoms with Crippen molar-refractivity contribution in [2.24, 2.45) is 0 Å². The number of likely N-dealkylation sites (tertiary alicyclic amines) is 1. The number of halogens is 4. The van der Waals surface area contributed by atoms with Crippen LogP contribution in [-0.2, 0) is 4.79 Å². The normalized spacial score (nSPS) is 19.6. The molecule has 2 saturated heterocycles. The van der Waals surface area contributed by atoms with Crippen LogP contribution in [-0.4, -0.2) is 92.7 Å². The second-order valence-corrected chi connectivity index (χ2v) is 13.6. The highest BCUT2D eigenvalue weighted by atomic mass is 35.5. The fraction of sp³-hybridized carbons (Fsp3) is 0.424. The van der Waals surface area contributed by atoms with E-state index in [1.165, 1.54) is 11.8 Å². The number of aromatic amines is 1. The first-order valence-electron chi connectivity index (χ1n) is 15.5. The lowest BCUT2D eigenvalue weighted by Gasteiger charge is -2.43. The summed E-state index contributed by atoms with van der Waals surface area (Å²) >= 11 is 13.6. The number of nitriles is 1. The summed E-state index contributed by atoms with van der Waals surface area (Å²) in [6.45, 7) is 4.73. The second-order valence-electron chi connectivity index (χ2n) is 12.8. The van der Waals surface area contributed by atoms with Crippen LogP contribution in [0.3, 0.4) is 0 Å². The first-order valence-corrected chi connectivity index (χ1v) is 16.3. The number of nitrogens with zero attached hydrogens (tertiary/aromatic N) is 8. The number of rotatable bonds is 6. The average molecular weight is 681 g/mol. The number of H-pyrrole nitrogens is 1. The lowest BCUT2D eigenvalue weighted by Crippen LogP contribution is -2.57. The van der Waals surface area contributed by atoms with E-state index in [4.69, 9.17) is 33.3 Å². The average Bonchev–Trinajstić information content (AvgIpc) is 3.66. The van der Waals surface area contributed by atoms with Crippen molar-refractivity contribution in [1.29, 1.82) is 5.26 Å². The van der Waals surface area contributed by atoms with Crippen LogP contribution in [0, 0.1) is 24.1 Å². The summed E-state index contributed by atoms with van der Waals surface area (Å²) in [6.07, 6.45) is 2.65. The number of nitrogens with one attached hydrogen (secondary N) is 1. The number of likely N-dealkylation sites (N-methyl/N-ethyl adjacent to an activating group) is 1. The van der Waals surface area contributed by atoms with Crippen LogP contribution in [0.25, 0.3) is 43.8 Å². The molecule has 1 amide bonds. The van der Waals surface area contributed by atoms with Crippen LogP contribution in [0.15, 0.2) is 24.5 Å². The summed E-state index contributed by atoms with van der Waals surface area (Å²) in [5, 5.41) is 24.0. The van der Waals surface area contributed by atoms with E-state index in [0.29, 0.717) is 75.7 Å². The van der Waals surface area contributed by atoms with Gasteiger partial charge >= 0.3 is 0 Å². The molecule has 0 spiro atoms. The summed E-state index contributed by atoms with van der Waals surface area (Å²) in [5.74, 6) is -0.586. The van der Waals surface area contributed by atoms with Gasteiger partial charge in [0, 0.05) is 58.6 Å². The number of fused-ring (bicyclic) bond motifs is 4. The van der Waals surface area contributed by atoms with Crippen LogP contribution in [0.2, 0.25) is 10.0 Å². The predicted octanol–water partition coefficient (Wildman–Crippen LogP) is 6.44. The van der Waals surface area contributed by atoms with Crippen molar-refractivity contribution < 1.29 is 13.6 Å². The minimum atomic E-state index is -1.66. The van der Waals surface area contributed by atoms with Crippen molar-refractivity contribution in [3.8, 4) is 17.2 Å². The number of alkyl halides is 1. The van der Waals surface area contributed by atoms with Crippen LogP contribution in [0.4, 0.5) is 14.6 Å². The molecule has 0 bridgehead atoms. The molecule has 5 heterocycles. The smallest absolute Gasteiger partial charge is 0.257 e. The Kier molecular flexibility index (Phi) is 7.97. The minimum absolute atomic E-state index is 0.0622. The van der Waals surface area contributed by atoms with Gasteiger partial charge in [-0.3, -0.25) is 14.6 Å². The molecular weight excluding hydrogens is 647 g/mol. The number of aromatic nitrogens is 5. The molecule has 2 aromatic carbocycles. The van der Waals surface area contributed by atoms with E-state index in [2.05, 4.69) is 26.1 Å². The third kappa shape index (κ3) is 5.07. The second kappa shape index (κ2) is 11.9. The summed E-state index contributed by atoms with van der Waals surface area (Å²) in [4.78, 5) is 23.3. The van der Waals surface area contributed by atoms with E-state index in [0.717, 1.165) is 5.39 Å². The SMILES string of the molecule is Cc1c(Cl)cc2[nH]ncc2c1-c1c(Cl)cc2c(nc(N3CC(N(C)C)C3)c3cnn([C@H]4CCN(C(=O)C(C)F)[C@H](CC#N)C4)c32)c1F. The highest BCUT2D eigenvalue weighted by Gasteiger charge is 2.37. The summed E-state index contributed by atoms with van der Waals surface area (Å²) < 4.78 is 33.0. The van der Waals surface area contributed by atoms with Crippen molar-refractivity contribution in [2.75, 3.05) is 38.6 Å². The van der Waals surface area contributed by atoms with Gasteiger partial charge in [-0.25, -0.2) is 13.8 Å². The molecule has 7 rings (SSSR count). The fourth-order valence-corrected chi connectivity index (χ4v) is 7.60. The zero-order valence-electron chi connectivity index (χ0n) is 26.4. The quantitative estimate of drug-likeness (QED) is 0.220. The number of pyridine rings is 1. The van der Waals surface area contributed by atoms with Gasteiger partial charge in [-0.1, -0.05) is 23.2 Å². The van der Waals surface area contributed by atoms with E-state index in [1.807, 2.05) is 25.7 Å². The molecule has 14 heteroatoms. The highest BCUT2D eigenvalue weighted by molar-refractivity contribution is 6.36. The van der Waals surface area contributed by atoms with E-state index in [-0.39, 0.29) is 35.1 Å². The number of carbonyl (C=O) groups is 1. The van der Waals surface area contributed by atoms with Gasteiger partial charge in [0.15, 0.2) is 12.0 Å². The molecule has 2 aliphatic heterocycles. The molecule has 10 nitrogen and oxygen atoms in total. The number of amides is 1. The van der Waals surface area contributed by atoms with Gasteiger partial charge in [-0.15, -0.1) is 0 Å². The lowest BCUT2D eigenvalue weighted by atomic mass is 9.93. The third-order valence-electron chi connectivity index (χ3n) is 9.77. The van der Waals surface area contributed by atoms with Gasteiger partial charge in [-0.2, -0.15) is 15.5 Å². The van der Waals surface area contributed by atoms with Crippen molar-refractivity contribution in [1.82, 2.24) is 34.8 Å². The first kappa shape index (κ1) is 31.5. The Hall–Kier alpha value is -4.05. The summed E-state index contributed by atoms with van der Waals surface area (Å²) in [7, 11) is 4.06. The van der Waals surface area contributed by atoms with Gasteiger partial charge in [0.25, 0.3) is 5.91 Å². The number of hydrogen-bond acceptors (Lipinski definition) is 7. The lowest BCUT2D eigenvalue weighted by molar-refractivity contribution is -0.140. The van der Waals surface area contributed by atoms with Crippen LogP contribution < -0.4 is 4.90 Å². The molecular formula is C33H33Cl2F2N9O. The van der Waals surface area contributed by atoms with E-state index >= 15 is 4.39 Å². The zero-order chi connectivity index (χ0) is 33.3. The Labute approximate surface area is 279 Å². The van der Waals surface area contributed by atoms with Gasteiger partial charge in [0.2, 0.25) is 0 Å². The predicted molar refractivity (Wildman–Crippen MR) is 179 cm³/mol. The van der Waals surface area contributed by atoms with E-state index < -0.39 is 23.9 Å². The maximum absolute atomic E-state index is 17.1. The summed E-state index contributed by atoms with van der Waals surface area (Å²) in [5.41, 5.74) is 2.86. The number of hydrogen-bond donors (Lipinski definition) is 1. The zero-order valence-corrected chi connectivity index (χ0v) is 27.9. The maximum Gasteiger partial charge on any atom is 0.257 e. The molecule has 3 atom stereocenters. The van der Waals surface area contributed by atoms with Crippen LogP contribution in [0.1, 0.15) is 37.8 Å². The van der Waals surface area contributed by atoms with Gasteiger partial charge in [0.1, 0.15) is 11.3 Å². The number of anilines is 1. The Morgan fingerprint density at radius 2 is 1.94 bits per heavy atom. The highest BCUT2D eigenvalue weighted by Crippen LogP contribution is 2.45. The molecule has 0 radical (unpaired) electrons. The minimum Gasteiger partial charge on any atom is -0.353 e. The Morgan fingerprint density at radius 3 is 2.64 bits per heavy atom.